The molecule has 0 bridgehead atoms. The zero-order chi connectivity index (χ0) is 18.1. The first-order valence-electron chi connectivity index (χ1n) is 8.29. The van der Waals surface area contributed by atoms with Gasteiger partial charge in [-0.05, 0) is 36.4 Å². The van der Waals surface area contributed by atoms with Crippen molar-refractivity contribution in [3.63, 3.8) is 0 Å². The van der Waals surface area contributed by atoms with Gasteiger partial charge in [0.2, 0.25) is 11.8 Å². The van der Waals surface area contributed by atoms with Crippen LogP contribution in [0.3, 0.4) is 0 Å². The number of aryl methyl sites for hydroxylation is 1. The fourth-order valence-electron chi connectivity index (χ4n) is 3.15. The minimum absolute atomic E-state index is 0.379. The van der Waals surface area contributed by atoms with E-state index in [2.05, 4.69) is 0 Å². The van der Waals surface area contributed by atoms with E-state index in [-0.39, 0.29) is 5.78 Å². The molecule has 6 heteroatoms. The van der Waals surface area contributed by atoms with E-state index in [1.807, 2.05) is 37.4 Å². The highest BCUT2D eigenvalue weighted by molar-refractivity contribution is 7.15. The predicted molar refractivity (Wildman–Crippen MR) is 99.4 cm³/mol. The number of ketones is 1. The summed E-state index contributed by atoms with van der Waals surface area (Å²) in [6.45, 7) is 4.19. The Kier molecular flexibility index (Phi) is 4.72. The molecule has 0 N–H and O–H groups in total. The van der Waals surface area contributed by atoms with E-state index in [1.165, 1.54) is 21.1 Å². The van der Waals surface area contributed by atoms with Gasteiger partial charge in [0.05, 0.1) is 5.56 Å². The highest BCUT2D eigenvalue weighted by Crippen LogP contribution is 2.38. The summed E-state index contributed by atoms with van der Waals surface area (Å²) in [5, 5.41) is 2.53. The lowest BCUT2D eigenvalue weighted by atomic mass is 9.89. The van der Waals surface area contributed by atoms with Crippen LogP contribution in [0.2, 0.25) is 0 Å². The number of anilines is 2. The van der Waals surface area contributed by atoms with Crippen molar-refractivity contribution < 1.29 is 14.4 Å². The lowest BCUT2D eigenvalue weighted by Gasteiger charge is -2.31. The van der Waals surface area contributed by atoms with E-state index in [4.69, 9.17) is 0 Å². The third-order valence-electron chi connectivity index (χ3n) is 4.52. The Morgan fingerprint density at radius 3 is 2.48 bits per heavy atom. The molecule has 0 radical (unpaired) electrons. The second kappa shape index (κ2) is 6.80. The number of hydrogen-bond acceptors (Lipinski definition) is 4. The van der Waals surface area contributed by atoms with Crippen molar-refractivity contribution in [2.75, 3.05) is 23.4 Å². The van der Waals surface area contributed by atoms with Crippen LogP contribution in [0.5, 0.6) is 0 Å². The number of para-hydroxylation sites is 1. The summed E-state index contributed by atoms with van der Waals surface area (Å²) in [5.41, 5.74) is 2.10. The first-order chi connectivity index (χ1) is 12.0. The van der Waals surface area contributed by atoms with Gasteiger partial charge < -0.3 is 9.80 Å². The maximum atomic E-state index is 13.1. The Morgan fingerprint density at radius 2 is 1.88 bits per heavy atom. The fraction of sp³-hybridized carbons (Fsp3) is 0.316. The van der Waals surface area contributed by atoms with Crippen LogP contribution in [0.1, 0.15) is 29.8 Å². The van der Waals surface area contributed by atoms with Gasteiger partial charge in [0.1, 0.15) is 5.00 Å². The molecule has 0 saturated carbocycles. The van der Waals surface area contributed by atoms with Crippen molar-refractivity contribution in [2.24, 2.45) is 5.92 Å². The summed E-state index contributed by atoms with van der Waals surface area (Å²) in [4.78, 5) is 41.8. The number of rotatable bonds is 4. The molecule has 0 saturated heterocycles. The molecule has 1 aromatic heterocycles. The normalized spacial score (nSPS) is 16.8. The van der Waals surface area contributed by atoms with E-state index in [1.54, 1.807) is 19.2 Å². The SMILES string of the molecule is CCc1csc2c1C(=O)C(C(=O)N(CC)c1ccccc1)C(=O)N2C. The maximum Gasteiger partial charge on any atom is 0.247 e. The number of amides is 2. The van der Waals surface area contributed by atoms with Gasteiger partial charge in [-0.15, -0.1) is 11.3 Å². The van der Waals surface area contributed by atoms with Crippen LogP contribution < -0.4 is 9.80 Å². The van der Waals surface area contributed by atoms with Crippen LogP contribution in [0, 0.1) is 5.92 Å². The molecule has 1 aromatic carbocycles. The third kappa shape index (κ3) is 2.76. The number of benzene rings is 1. The van der Waals surface area contributed by atoms with Crippen LogP contribution in [0.15, 0.2) is 35.7 Å². The molecule has 2 heterocycles. The highest BCUT2D eigenvalue weighted by atomic mass is 32.1. The molecular formula is C19H20N2O3S. The molecule has 2 aromatic rings. The van der Waals surface area contributed by atoms with E-state index >= 15 is 0 Å². The topological polar surface area (TPSA) is 57.7 Å². The zero-order valence-corrected chi connectivity index (χ0v) is 15.3. The molecule has 1 aliphatic rings. The molecule has 3 rings (SSSR count). The molecule has 0 spiro atoms. The Labute approximate surface area is 150 Å². The molecule has 0 aliphatic carbocycles. The Hall–Kier alpha value is -2.47. The quantitative estimate of drug-likeness (QED) is 0.791. The minimum atomic E-state index is -1.31. The van der Waals surface area contributed by atoms with Crippen molar-refractivity contribution in [1.82, 2.24) is 0 Å². The van der Waals surface area contributed by atoms with Crippen molar-refractivity contribution in [3.8, 4) is 0 Å². The molecule has 130 valence electrons. The smallest absolute Gasteiger partial charge is 0.247 e. The summed E-state index contributed by atoms with van der Waals surface area (Å²) in [6.07, 6.45) is 0.691. The Bertz CT molecular complexity index is 828. The number of nitrogens with zero attached hydrogens (tertiary/aromatic N) is 2. The number of carbonyl (C=O) groups is 3. The van der Waals surface area contributed by atoms with Crippen molar-refractivity contribution in [3.05, 3.63) is 46.8 Å². The number of fused-ring (bicyclic) bond motifs is 1. The van der Waals surface area contributed by atoms with Gasteiger partial charge in [-0.1, -0.05) is 25.1 Å². The van der Waals surface area contributed by atoms with Crippen LogP contribution in [-0.2, 0) is 16.0 Å². The second-order valence-electron chi connectivity index (χ2n) is 5.91. The number of Topliss-reactive ketones (excluding diaryl/α,β-unsaturated/α-hetero) is 1. The standard InChI is InChI=1S/C19H20N2O3S/c1-4-12-11-25-19-14(12)16(22)15(17(23)20(19)3)18(24)21(5-2)13-9-7-6-8-10-13/h6-11,15H,4-5H2,1-3H3. The molecule has 1 aliphatic heterocycles. The monoisotopic (exact) mass is 356 g/mol. The lowest BCUT2D eigenvalue weighted by molar-refractivity contribution is -0.130. The average Bonchev–Trinajstić information content (AvgIpc) is 3.06. The highest BCUT2D eigenvalue weighted by Gasteiger charge is 2.46. The van der Waals surface area contributed by atoms with E-state index in [0.717, 1.165) is 5.56 Å². The molecule has 0 fully saturated rings. The molecular weight excluding hydrogens is 336 g/mol. The van der Waals surface area contributed by atoms with Gasteiger partial charge in [0.15, 0.2) is 11.7 Å². The second-order valence-corrected chi connectivity index (χ2v) is 6.77. The number of carbonyl (C=O) groups excluding carboxylic acids is 3. The van der Waals surface area contributed by atoms with Crippen LogP contribution in [-0.4, -0.2) is 31.2 Å². The maximum absolute atomic E-state index is 13.1. The predicted octanol–water partition coefficient (Wildman–Crippen LogP) is 3.14. The molecule has 2 amide bonds. The summed E-state index contributed by atoms with van der Waals surface area (Å²) in [5.74, 6) is -2.61. The van der Waals surface area contributed by atoms with E-state index < -0.39 is 17.7 Å². The third-order valence-corrected chi connectivity index (χ3v) is 5.62. The molecule has 25 heavy (non-hydrogen) atoms. The van der Waals surface area contributed by atoms with Crippen LogP contribution >= 0.6 is 11.3 Å². The zero-order valence-electron chi connectivity index (χ0n) is 14.5. The summed E-state index contributed by atoms with van der Waals surface area (Å²) in [6, 6.07) is 9.12. The van der Waals surface area contributed by atoms with Crippen molar-refractivity contribution in [2.45, 2.75) is 20.3 Å². The first kappa shape index (κ1) is 17.4. The fourth-order valence-corrected chi connectivity index (χ4v) is 4.29. The lowest BCUT2D eigenvalue weighted by Crippen LogP contribution is -2.51. The number of thiophene rings is 1. The Morgan fingerprint density at radius 1 is 1.20 bits per heavy atom. The summed E-state index contributed by atoms with van der Waals surface area (Å²) in [7, 11) is 1.63. The van der Waals surface area contributed by atoms with Crippen LogP contribution in [0.4, 0.5) is 10.7 Å². The van der Waals surface area contributed by atoms with E-state index in [0.29, 0.717) is 29.2 Å². The summed E-state index contributed by atoms with van der Waals surface area (Å²) < 4.78 is 0. The van der Waals surface area contributed by atoms with Gasteiger partial charge >= 0.3 is 0 Å². The van der Waals surface area contributed by atoms with E-state index in [9.17, 15) is 14.4 Å². The summed E-state index contributed by atoms with van der Waals surface area (Å²) >= 11 is 1.38. The largest absolute Gasteiger partial charge is 0.312 e. The van der Waals surface area contributed by atoms with Gasteiger partial charge in [0.25, 0.3) is 0 Å². The van der Waals surface area contributed by atoms with Gasteiger partial charge in [-0.3, -0.25) is 14.4 Å². The Balaban J connectivity index is 2.03. The van der Waals surface area contributed by atoms with Crippen molar-refractivity contribution >= 4 is 39.6 Å². The first-order valence-corrected chi connectivity index (χ1v) is 9.17. The molecule has 1 atom stereocenters. The molecule has 5 nitrogen and oxygen atoms in total. The minimum Gasteiger partial charge on any atom is -0.312 e. The van der Waals surface area contributed by atoms with Gasteiger partial charge in [0, 0.05) is 19.3 Å². The van der Waals surface area contributed by atoms with Crippen molar-refractivity contribution in [1.29, 1.82) is 0 Å². The van der Waals surface area contributed by atoms with Gasteiger partial charge in [-0.25, -0.2) is 0 Å². The number of hydrogen-bond donors (Lipinski definition) is 0. The molecule has 1 unspecified atom stereocenters. The average molecular weight is 356 g/mol. The van der Waals surface area contributed by atoms with Crippen LogP contribution in [0.25, 0.3) is 0 Å². The van der Waals surface area contributed by atoms with Gasteiger partial charge in [-0.2, -0.15) is 0 Å².